The standard InChI is InChI=1S/C15H21N3O3/c1-9-6-13(11(3)21-9)10(2)16-7-12-8-17(4)15(20)18(5)14(12)19/h6,8,10,16H,7H2,1-5H3. The van der Waals surface area contributed by atoms with Crippen LogP contribution in [0.25, 0.3) is 0 Å². The maximum absolute atomic E-state index is 12.1. The number of rotatable bonds is 4. The lowest BCUT2D eigenvalue weighted by Crippen LogP contribution is -2.39. The first-order chi connectivity index (χ1) is 9.81. The van der Waals surface area contributed by atoms with Crippen LogP contribution in [0.2, 0.25) is 0 Å². The molecule has 0 radical (unpaired) electrons. The van der Waals surface area contributed by atoms with Crippen molar-refractivity contribution < 1.29 is 4.42 Å². The molecule has 0 aromatic carbocycles. The van der Waals surface area contributed by atoms with Gasteiger partial charge in [0.15, 0.2) is 0 Å². The molecule has 6 nitrogen and oxygen atoms in total. The van der Waals surface area contributed by atoms with Gasteiger partial charge in [-0.25, -0.2) is 4.79 Å². The number of hydrogen-bond donors (Lipinski definition) is 1. The summed E-state index contributed by atoms with van der Waals surface area (Å²) in [7, 11) is 3.12. The van der Waals surface area contributed by atoms with Crippen molar-refractivity contribution in [3.63, 3.8) is 0 Å². The number of aryl methyl sites for hydroxylation is 3. The summed E-state index contributed by atoms with van der Waals surface area (Å²) in [6.45, 7) is 6.24. The summed E-state index contributed by atoms with van der Waals surface area (Å²) in [5.41, 5.74) is 1.05. The van der Waals surface area contributed by atoms with Crippen LogP contribution >= 0.6 is 0 Å². The second-order valence-electron chi connectivity index (χ2n) is 5.38. The maximum Gasteiger partial charge on any atom is 0.330 e. The molecule has 2 rings (SSSR count). The fraction of sp³-hybridized carbons (Fsp3) is 0.467. The summed E-state index contributed by atoms with van der Waals surface area (Å²) in [4.78, 5) is 23.7. The van der Waals surface area contributed by atoms with Gasteiger partial charge < -0.3 is 14.3 Å². The molecule has 1 N–H and O–H groups in total. The van der Waals surface area contributed by atoms with Crippen LogP contribution in [0.5, 0.6) is 0 Å². The van der Waals surface area contributed by atoms with Gasteiger partial charge in [0.25, 0.3) is 5.56 Å². The van der Waals surface area contributed by atoms with Crippen LogP contribution in [-0.2, 0) is 20.6 Å². The first kappa shape index (κ1) is 15.3. The van der Waals surface area contributed by atoms with Crippen LogP contribution < -0.4 is 16.6 Å². The van der Waals surface area contributed by atoms with Gasteiger partial charge in [-0.2, -0.15) is 0 Å². The molecule has 2 aromatic heterocycles. The summed E-state index contributed by atoms with van der Waals surface area (Å²) in [6.07, 6.45) is 1.58. The van der Waals surface area contributed by atoms with Gasteiger partial charge in [-0.3, -0.25) is 9.36 Å². The van der Waals surface area contributed by atoms with Crippen LogP contribution in [0.1, 0.15) is 35.6 Å². The lowest BCUT2D eigenvalue weighted by Gasteiger charge is -2.14. The highest BCUT2D eigenvalue weighted by Crippen LogP contribution is 2.21. The lowest BCUT2D eigenvalue weighted by atomic mass is 10.1. The number of furan rings is 1. The molecule has 21 heavy (non-hydrogen) atoms. The zero-order valence-electron chi connectivity index (χ0n) is 13.1. The third-order valence-electron chi connectivity index (χ3n) is 3.66. The molecule has 1 unspecified atom stereocenters. The molecule has 0 bridgehead atoms. The second-order valence-corrected chi connectivity index (χ2v) is 5.38. The minimum atomic E-state index is -0.321. The molecule has 6 heteroatoms. The van der Waals surface area contributed by atoms with Crippen molar-refractivity contribution in [3.05, 3.63) is 55.7 Å². The molecule has 0 saturated carbocycles. The van der Waals surface area contributed by atoms with Gasteiger partial charge >= 0.3 is 5.69 Å². The largest absolute Gasteiger partial charge is 0.466 e. The Morgan fingerprint density at radius 1 is 1.29 bits per heavy atom. The van der Waals surface area contributed by atoms with Gasteiger partial charge in [0.2, 0.25) is 0 Å². The summed E-state index contributed by atoms with van der Waals surface area (Å²) in [5, 5.41) is 3.30. The Labute approximate surface area is 123 Å². The van der Waals surface area contributed by atoms with E-state index in [0.29, 0.717) is 12.1 Å². The number of aromatic nitrogens is 2. The van der Waals surface area contributed by atoms with Crippen LogP contribution in [0.4, 0.5) is 0 Å². The van der Waals surface area contributed by atoms with Crippen molar-refractivity contribution >= 4 is 0 Å². The van der Waals surface area contributed by atoms with Gasteiger partial charge in [-0.05, 0) is 26.8 Å². The van der Waals surface area contributed by atoms with E-state index in [1.54, 1.807) is 13.2 Å². The molecular formula is C15H21N3O3. The van der Waals surface area contributed by atoms with E-state index in [4.69, 9.17) is 4.42 Å². The summed E-state index contributed by atoms with van der Waals surface area (Å²) in [5.74, 6) is 1.75. The fourth-order valence-electron chi connectivity index (χ4n) is 2.46. The lowest BCUT2D eigenvalue weighted by molar-refractivity contribution is 0.488. The molecular weight excluding hydrogens is 270 g/mol. The highest BCUT2D eigenvalue weighted by molar-refractivity contribution is 5.23. The molecule has 1 atom stereocenters. The van der Waals surface area contributed by atoms with E-state index in [1.807, 2.05) is 26.8 Å². The first-order valence-corrected chi connectivity index (χ1v) is 6.87. The maximum atomic E-state index is 12.1. The van der Waals surface area contributed by atoms with Crippen LogP contribution in [0.3, 0.4) is 0 Å². The van der Waals surface area contributed by atoms with E-state index in [-0.39, 0.29) is 17.3 Å². The van der Waals surface area contributed by atoms with E-state index in [2.05, 4.69) is 5.32 Å². The van der Waals surface area contributed by atoms with Gasteiger partial charge in [0.05, 0.1) is 0 Å². The zero-order chi connectivity index (χ0) is 15.7. The summed E-state index contributed by atoms with van der Waals surface area (Å²) >= 11 is 0. The molecule has 0 fully saturated rings. The average Bonchev–Trinajstić information content (AvgIpc) is 2.77. The molecule has 2 aromatic rings. The van der Waals surface area contributed by atoms with Crippen molar-refractivity contribution in [1.29, 1.82) is 0 Å². The molecule has 0 aliphatic heterocycles. The summed E-state index contributed by atoms with van der Waals surface area (Å²) in [6, 6.07) is 2.05. The van der Waals surface area contributed by atoms with Gasteiger partial charge in [-0.15, -0.1) is 0 Å². The Morgan fingerprint density at radius 3 is 2.52 bits per heavy atom. The van der Waals surface area contributed by atoms with Crippen molar-refractivity contribution in [2.75, 3.05) is 0 Å². The quantitative estimate of drug-likeness (QED) is 0.917. The highest BCUT2D eigenvalue weighted by atomic mass is 16.3. The van der Waals surface area contributed by atoms with E-state index in [9.17, 15) is 9.59 Å². The van der Waals surface area contributed by atoms with Crippen LogP contribution in [0, 0.1) is 13.8 Å². The van der Waals surface area contributed by atoms with Crippen molar-refractivity contribution in [1.82, 2.24) is 14.5 Å². The number of hydrogen-bond acceptors (Lipinski definition) is 4. The Balaban J connectivity index is 2.19. The number of nitrogens with zero attached hydrogens (tertiary/aromatic N) is 2. The molecule has 0 spiro atoms. The van der Waals surface area contributed by atoms with Crippen molar-refractivity contribution in [2.24, 2.45) is 14.1 Å². The normalized spacial score (nSPS) is 12.6. The Hall–Kier alpha value is -2.08. The Morgan fingerprint density at radius 2 is 1.95 bits per heavy atom. The Bertz CT molecular complexity index is 767. The fourth-order valence-corrected chi connectivity index (χ4v) is 2.46. The smallest absolute Gasteiger partial charge is 0.330 e. The Kier molecular flexibility index (Phi) is 4.18. The van der Waals surface area contributed by atoms with E-state index >= 15 is 0 Å². The van der Waals surface area contributed by atoms with E-state index < -0.39 is 0 Å². The van der Waals surface area contributed by atoms with E-state index in [0.717, 1.165) is 21.7 Å². The van der Waals surface area contributed by atoms with E-state index in [1.165, 1.54) is 11.6 Å². The molecule has 0 aliphatic rings. The number of nitrogens with one attached hydrogen (secondary N) is 1. The summed E-state index contributed by atoms with van der Waals surface area (Å²) < 4.78 is 8.05. The van der Waals surface area contributed by atoms with Gasteiger partial charge in [0, 0.05) is 44.0 Å². The van der Waals surface area contributed by atoms with Crippen LogP contribution in [-0.4, -0.2) is 9.13 Å². The third-order valence-corrected chi connectivity index (χ3v) is 3.66. The average molecular weight is 291 g/mol. The van der Waals surface area contributed by atoms with Crippen LogP contribution in [0.15, 0.2) is 26.3 Å². The molecule has 114 valence electrons. The van der Waals surface area contributed by atoms with Gasteiger partial charge in [0.1, 0.15) is 11.5 Å². The second kappa shape index (κ2) is 5.73. The molecule has 0 amide bonds. The zero-order valence-corrected chi connectivity index (χ0v) is 13.1. The van der Waals surface area contributed by atoms with Crippen molar-refractivity contribution in [2.45, 2.75) is 33.4 Å². The topological polar surface area (TPSA) is 69.2 Å². The third kappa shape index (κ3) is 3.00. The highest BCUT2D eigenvalue weighted by Gasteiger charge is 2.13. The molecule has 0 aliphatic carbocycles. The molecule has 2 heterocycles. The minimum Gasteiger partial charge on any atom is -0.466 e. The van der Waals surface area contributed by atoms with Gasteiger partial charge in [-0.1, -0.05) is 0 Å². The SMILES string of the molecule is Cc1cc(C(C)NCc2cn(C)c(=O)n(C)c2=O)c(C)o1. The minimum absolute atomic E-state index is 0.0596. The predicted molar refractivity (Wildman–Crippen MR) is 80.4 cm³/mol. The van der Waals surface area contributed by atoms with Crippen molar-refractivity contribution in [3.8, 4) is 0 Å². The monoisotopic (exact) mass is 291 g/mol. The predicted octanol–water partition coefficient (Wildman–Crippen LogP) is 1.14. The first-order valence-electron chi connectivity index (χ1n) is 6.87. The molecule has 0 saturated heterocycles.